The largest absolute Gasteiger partial charge is 0.493 e. The Morgan fingerprint density at radius 2 is 2.00 bits per heavy atom. The zero-order valence-electron chi connectivity index (χ0n) is 9.82. The van der Waals surface area contributed by atoms with E-state index in [0.29, 0.717) is 18.0 Å². The first-order chi connectivity index (χ1) is 8.17. The van der Waals surface area contributed by atoms with Crippen LogP contribution in [-0.2, 0) is 11.2 Å². The van der Waals surface area contributed by atoms with Gasteiger partial charge in [-0.25, -0.2) is 0 Å². The van der Waals surface area contributed by atoms with Crippen molar-refractivity contribution in [2.45, 2.75) is 12.5 Å². The molecular formula is C12H15NO4. The molecule has 5 nitrogen and oxygen atoms in total. The summed E-state index contributed by atoms with van der Waals surface area (Å²) >= 11 is 0. The number of hydrogen-bond acceptors (Lipinski definition) is 4. The molecule has 0 saturated heterocycles. The van der Waals surface area contributed by atoms with Gasteiger partial charge < -0.3 is 19.9 Å². The van der Waals surface area contributed by atoms with Crippen LogP contribution >= 0.6 is 0 Å². The highest BCUT2D eigenvalue weighted by atomic mass is 16.5. The Hall–Kier alpha value is -1.75. The average Bonchev–Trinajstić information content (AvgIpc) is 2.35. The number of rotatable bonds is 3. The number of ether oxygens (including phenoxy) is 2. The lowest BCUT2D eigenvalue weighted by Gasteiger charge is -2.25. The first-order valence-corrected chi connectivity index (χ1v) is 5.38. The maximum absolute atomic E-state index is 11.1. The molecule has 1 aliphatic rings. The van der Waals surface area contributed by atoms with Crippen LogP contribution in [0.4, 0.5) is 0 Å². The number of nitrogens with one attached hydrogen (secondary N) is 1. The molecule has 17 heavy (non-hydrogen) atoms. The lowest BCUT2D eigenvalue weighted by Crippen LogP contribution is -2.35. The Morgan fingerprint density at radius 3 is 2.59 bits per heavy atom. The summed E-state index contributed by atoms with van der Waals surface area (Å²) in [5, 5.41) is 12.1. The third-order valence-corrected chi connectivity index (χ3v) is 2.95. The summed E-state index contributed by atoms with van der Waals surface area (Å²) in [7, 11) is 3.11. The summed E-state index contributed by atoms with van der Waals surface area (Å²) in [4.78, 5) is 11.1. The van der Waals surface area contributed by atoms with Crippen LogP contribution in [0.3, 0.4) is 0 Å². The normalized spacial score (nSPS) is 18.4. The Kier molecular flexibility index (Phi) is 3.19. The number of benzene rings is 1. The van der Waals surface area contributed by atoms with Gasteiger partial charge in [0.05, 0.1) is 14.2 Å². The van der Waals surface area contributed by atoms with E-state index in [1.54, 1.807) is 13.2 Å². The highest BCUT2D eigenvalue weighted by Crippen LogP contribution is 2.35. The van der Waals surface area contributed by atoms with Crippen molar-refractivity contribution in [3.05, 3.63) is 23.3 Å². The molecule has 0 radical (unpaired) electrons. The van der Waals surface area contributed by atoms with Gasteiger partial charge in [0.25, 0.3) is 0 Å². The van der Waals surface area contributed by atoms with Gasteiger partial charge in [-0.05, 0) is 29.7 Å². The first-order valence-electron chi connectivity index (χ1n) is 5.38. The quantitative estimate of drug-likeness (QED) is 0.820. The number of methoxy groups -OCH3 is 2. The van der Waals surface area contributed by atoms with Gasteiger partial charge in [-0.1, -0.05) is 0 Å². The summed E-state index contributed by atoms with van der Waals surface area (Å²) in [5.41, 5.74) is 1.75. The fourth-order valence-electron chi connectivity index (χ4n) is 2.10. The summed E-state index contributed by atoms with van der Waals surface area (Å²) in [6.07, 6.45) is 0.791. The van der Waals surface area contributed by atoms with Crippen LogP contribution in [-0.4, -0.2) is 31.8 Å². The van der Waals surface area contributed by atoms with E-state index in [2.05, 4.69) is 5.32 Å². The molecular weight excluding hydrogens is 222 g/mol. The van der Waals surface area contributed by atoms with Gasteiger partial charge in [-0.2, -0.15) is 0 Å². The molecule has 92 valence electrons. The third kappa shape index (κ3) is 2.06. The zero-order chi connectivity index (χ0) is 12.4. The van der Waals surface area contributed by atoms with Crippen LogP contribution in [0, 0.1) is 0 Å². The maximum Gasteiger partial charge on any atom is 0.325 e. The number of carboxylic acids is 1. The predicted octanol–water partition coefficient (Wildman–Crippen LogP) is 0.975. The molecule has 0 aliphatic carbocycles. The second-order valence-electron chi connectivity index (χ2n) is 3.88. The second-order valence-corrected chi connectivity index (χ2v) is 3.88. The molecule has 1 aromatic carbocycles. The van der Waals surface area contributed by atoms with Crippen molar-refractivity contribution in [1.29, 1.82) is 0 Å². The number of carboxylic acid groups (broad SMARTS) is 1. The van der Waals surface area contributed by atoms with E-state index in [0.717, 1.165) is 17.5 Å². The van der Waals surface area contributed by atoms with Crippen molar-refractivity contribution in [2.24, 2.45) is 0 Å². The van der Waals surface area contributed by atoms with Crippen molar-refractivity contribution in [2.75, 3.05) is 20.8 Å². The van der Waals surface area contributed by atoms with Crippen molar-refractivity contribution in [1.82, 2.24) is 5.32 Å². The van der Waals surface area contributed by atoms with Crippen LogP contribution in [0.25, 0.3) is 0 Å². The van der Waals surface area contributed by atoms with Crippen LogP contribution in [0.2, 0.25) is 0 Å². The molecule has 0 amide bonds. The summed E-state index contributed by atoms with van der Waals surface area (Å²) < 4.78 is 10.4. The SMILES string of the molecule is COc1cc2c(cc1OC)C(C(=O)O)NCC2. The molecule has 2 rings (SSSR count). The Labute approximate surface area is 99.3 Å². The van der Waals surface area contributed by atoms with E-state index in [-0.39, 0.29) is 0 Å². The third-order valence-electron chi connectivity index (χ3n) is 2.95. The van der Waals surface area contributed by atoms with E-state index in [9.17, 15) is 4.79 Å². The molecule has 2 N–H and O–H groups in total. The van der Waals surface area contributed by atoms with E-state index in [1.165, 1.54) is 7.11 Å². The fraction of sp³-hybridized carbons (Fsp3) is 0.417. The number of carbonyl (C=O) groups is 1. The highest BCUT2D eigenvalue weighted by molar-refractivity contribution is 5.77. The molecule has 5 heteroatoms. The lowest BCUT2D eigenvalue weighted by atomic mass is 9.93. The molecule has 0 fully saturated rings. The van der Waals surface area contributed by atoms with Gasteiger partial charge in [0.1, 0.15) is 6.04 Å². The molecule has 1 aliphatic heterocycles. The van der Waals surface area contributed by atoms with Crippen LogP contribution < -0.4 is 14.8 Å². The van der Waals surface area contributed by atoms with Gasteiger partial charge in [0.15, 0.2) is 11.5 Å². The smallest absolute Gasteiger partial charge is 0.325 e. The summed E-state index contributed by atoms with van der Waals surface area (Å²) in [5.74, 6) is 0.316. The Bertz CT molecular complexity index is 444. The maximum atomic E-state index is 11.1. The van der Waals surface area contributed by atoms with Crippen LogP contribution in [0.15, 0.2) is 12.1 Å². The van der Waals surface area contributed by atoms with Gasteiger partial charge >= 0.3 is 5.97 Å². The molecule has 1 aromatic rings. The van der Waals surface area contributed by atoms with Crippen molar-refractivity contribution >= 4 is 5.97 Å². The Morgan fingerprint density at radius 1 is 1.35 bits per heavy atom. The minimum absolute atomic E-state index is 0.557. The zero-order valence-corrected chi connectivity index (χ0v) is 9.82. The van der Waals surface area contributed by atoms with Crippen LogP contribution in [0.5, 0.6) is 11.5 Å². The molecule has 1 unspecified atom stereocenters. The molecule has 1 atom stereocenters. The number of hydrogen-bond donors (Lipinski definition) is 2. The molecule has 1 heterocycles. The van der Waals surface area contributed by atoms with Crippen LogP contribution in [0.1, 0.15) is 17.2 Å². The monoisotopic (exact) mass is 237 g/mol. The van der Waals surface area contributed by atoms with E-state index in [1.807, 2.05) is 6.07 Å². The van der Waals surface area contributed by atoms with Gasteiger partial charge in [0.2, 0.25) is 0 Å². The van der Waals surface area contributed by atoms with Crippen molar-refractivity contribution < 1.29 is 19.4 Å². The number of fused-ring (bicyclic) bond motifs is 1. The molecule has 0 aromatic heterocycles. The summed E-state index contributed by atoms with van der Waals surface area (Å²) in [6, 6.07) is 2.92. The van der Waals surface area contributed by atoms with Crippen molar-refractivity contribution in [3.8, 4) is 11.5 Å². The first kappa shape index (κ1) is 11.7. The van der Waals surface area contributed by atoms with Gasteiger partial charge in [-0.15, -0.1) is 0 Å². The summed E-state index contributed by atoms with van der Waals surface area (Å²) in [6.45, 7) is 0.652. The molecule has 0 spiro atoms. The number of aliphatic carboxylic acids is 1. The lowest BCUT2D eigenvalue weighted by molar-refractivity contribution is -0.139. The van der Waals surface area contributed by atoms with E-state index >= 15 is 0 Å². The topological polar surface area (TPSA) is 67.8 Å². The second kappa shape index (κ2) is 4.63. The predicted molar refractivity (Wildman–Crippen MR) is 61.6 cm³/mol. The molecule has 0 bridgehead atoms. The van der Waals surface area contributed by atoms with E-state index in [4.69, 9.17) is 14.6 Å². The van der Waals surface area contributed by atoms with Crippen molar-refractivity contribution in [3.63, 3.8) is 0 Å². The standard InChI is InChI=1S/C12H15NO4/c1-16-9-5-7-3-4-13-11(12(14)15)8(7)6-10(9)17-2/h5-6,11,13H,3-4H2,1-2H3,(H,14,15). The minimum atomic E-state index is -0.877. The Balaban J connectivity index is 2.50. The average molecular weight is 237 g/mol. The highest BCUT2D eigenvalue weighted by Gasteiger charge is 2.27. The van der Waals surface area contributed by atoms with Gasteiger partial charge in [0, 0.05) is 6.54 Å². The molecule has 0 saturated carbocycles. The van der Waals surface area contributed by atoms with Gasteiger partial charge in [-0.3, -0.25) is 4.79 Å². The fourth-order valence-corrected chi connectivity index (χ4v) is 2.10. The minimum Gasteiger partial charge on any atom is -0.493 e. The van der Waals surface area contributed by atoms with E-state index < -0.39 is 12.0 Å².